The second kappa shape index (κ2) is 4.70. The van der Waals surface area contributed by atoms with Crippen molar-refractivity contribution >= 4 is 0 Å². The van der Waals surface area contributed by atoms with Crippen molar-refractivity contribution in [1.82, 2.24) is 0 Å². The number of ether oxygens (including phenoxy) is 1. The van der Waals surface area contributed by atoms with Crippen LogP contribution in [0.3, 0.4) is 0 Å². The molecule has 2 N–H and O–H groups in total. The Balaban J connectivity index is 2.30. The molecule has 15 heavy (non-hydrogen) atoms. The zero-order chi connectivity index (χ0) is 11.5. The second-order valence-electron chi connectivity index (χ2n) is 4.52. The average Bonchev–Trinajstić information content (AvgIpc) is 1.99. The highest BCUT2D eigenvalue weighted by Gasteiger charge is 2.33. The maximum atomic E-state index is 11.9. The summed E-state index contributed by atoms with van der Waals surface area (Å²) in [6.07, 6.45) is -2.79. The molecule has 90 valence electrons. The van der Waals surface area contributed by atoms with Crippen LogP contribution < -0.4 is 5.73 Å². The van der Waals surface area contributed by atoms with Gasteiger partial charge in [-0.1, -0.05) is 0 Å². The van der Waals surface area contributed by atoms with Crippen molar-refractivity contribution in [3.8, 4) is 0 Å². The van der Waals surface area contributed by atoms with Crippen LogP contribution in [0.5, 0.6) is 0 Å². The molecule has 0 saturated carbocycles. The van der Waals surface area contributed by atoms with Gasteiger partial charge in [0.15, 0.2) is 0 Å². The van der Waals surface area contributed by atoms with Crippen molar-refractivity contribution < 1.29 is 17.9 Å². The topological polar surface area (TPSA) is 35.2 Å². The lowest BCUT2D eigenvalue weighted by Gasteiger charge is -2.37. The first-order valence-corrected chi connectivity index (χ1v) is 5.27. The average molecular weight is 225 g/mol. The van der Waals surface area contributed by atoms with E-state index in [2.05, 4.69) is 0 Å². The van der Waals surface area contributed by atoms with E-state index in [-0.39, 0.29) is 12.5 Å². The highest BCUT2D eigenvalue weighted by atomic mass is 19.4. The zero-order valence-corrected chi connectivity index (χ0v) is 8.94. The minimum atomic E-state index is -4.06. The standard InChI is InChI=1S/C10H18F3NO/c1-9(4-2-5-10(11,12)13)7-8(14)3-6-15-9/h8H,2-7,14H2,1H3. The molecule has 5 heteroatoms. The summed E-state index contributed by atoms with van der Waals surface area (Å²) in [5.74, 6) is 0. The van der Waals surface area contributed by atoms with E-state index in [1.54, 1.807) is 0 Å². The first kappa shape index (κ1) is 12.8. The molecule has 1 heterocycles. The van der Waals surface area contributed by atoms with Crippen LogP contribution >= 0.6 is 0 Å². The highest BCUT2D eigenvalue weighted by molar-refractivity contribution is 4.84. The monoisotopic (exact) mass is 225 g/mol. The smallest absolute Gasteiger partial charge is 0.375 e. The van der Waals surface area contributed by atoms with Crippen molar-refractivity contribution in [1.29, 1.82) is 0 Å². The summed E-state index contributed by atoms with van der Waals surface area (Å²) in [6, 6.07) is 0.0645. The Labute approximate surface area is 88.0 Å². The Morgan fingerprint density at radius 2 is 2.13 bits per heavy atom. The van der Waals surface area contributed by atoms with Crippen LogP contribution in [0, 0.1) is 0 Å². The quantitative estimate of drug-likeness (QED) is 0.801. The van der Waals surface area contributed by atoms with Crippen molar-refractivity contribution in [2.45, 2.75) is 56.8 Å². The fourth-order valence-electron chi connectivity index (χ4n) is 2.01. The lowest BCUT2D eigenvalue weighted by Crippen LogP contribution is -2.43. The lowest BCUT2D eigenvalue weighted by atomic mass is 9.88. The molecule has 2 atom stereocenters. The third kappa shape index (κ3) is 4.84. The Bertz CT molecular complexity index is 207. The normalized spacial score (nSPS) is 33.0. The second-order valence-corrected chi connectivity index (χ2v) is 4.52. The van der Waals surface area contributed by atoms with E-state index in [0.717, 1.165) is 6.42 Å². The minimum Gasteiger partial charge on any atom is -0.375 e. The van der Waals surface area contributed by atoms with Gasteiger partial charge in [0.1, 0.15) is 0 Å². The lowest BCUT2D eigenvalue weighted by molar-refractivity contribution is -0.141. The van der Waals surface area contributed by atoms with Crippen LogP contribution in [-0.4, -0.2) is 24.4 Å². The molecule has 2 unspecified atom stereocenters. The van der Waals surface area contributed by atoms with Crippen LogP contribution in [0.4, 0.5) is 13.2 Å². The highest BCUT2D eigenvalue weighted by Crippen LogP contribution is 2.31. The molecule has 1 aliphatic rings. The van der Waals surface area contributed by atoms with Gasteiger partial charge in [0.2, 0.25) is 0 Å². The van der Waals surface area contributed by atoms with Gasteiger partial charge in [0.25, 0.3) is 0 Å². The number of hydrogen-bond donors (Lipinski definition) is 1. The largest absolute Gasteiger partial charge is 0.389 e. The van der Waals surface area contributed by atoms with Gasteiger partial charge in [0.05, 0.1) is 5.60 Å². The molecule has 0 spiro atoms. The van der Waals surface area contributed by atoms with Crippen molar-refractivity contribution in [3.63, 3.8) is 0 Å². The Morgan fingerprint density at radius 1 is 1.47 bits per heavy atom. The third-order valence-corrected chi connectivity index (χ3v) is 2.80. The summed E-state index contributed by atoms with van der Waals surface area (Å²) < 4.78 is 41.3. The SMILES string of the molecule is CC1(CCCC(F)(F)F)CC(N)CCO1. The first-order chi connectivity index (χ1) is 6.81. The van der Waals surface area contributed by atoms with Gasteiger partial charge in [-0.05, 0) is 32.6 Å². The van der Waals surface area contributed by atoms with Crippen LogP contribution in [0.15, 0.2) is 0 Å². The summed E-state index contributed by atoms with van der Waals surface area (Å²) >= 11 is 0. The third-order valence-electron chi connectivity index (χ3n) is 2.80. The Kier molecular flexibility index (Phi) is 4.00. The van der Waals surface area contributed by atoms with E-state index in [1.165, 1.54) is 0 Å². The van der Waals surface area contributed by atoms with E-state index in [4.69, 9.17) is 10.5 Å². The van der Waals surface area contributed by atoms with Crippen molar-refractivity contribution in [2.24, 2.45) is 5.73 Å². The van der Waals surface area contributed by atoms with Gasteiger partial charge in [-0.15, -0.1) is 0 Å². The van der Waals surface area contributed by atoms with E-state index < -0.39 is 18.2 Å². The fraction of sp³-hybridized carbons (Fsp3) is 1.00. The summed E-state index contributed by atoms with van der Waals surface area (Å²) in [4.78, 5) is 0. The number of alkyl halides is 3. The Hall–Kier alpha value is -0.290. The van der Waals surface area contributed by atoms with Gasteiger partial charge in [-0.25, -0.2) is 0 Å². The predicted octanol–water partition coefficient (Wildman–Crippen LogP) is 2.62. The number of rotatable bonds is 3. The first-order valence-electron chi connectivity index (χ1n) is 5.27. The van der Waals surface area contributed by atoms with Crippen LogP contribution in [0.25, 0.3) is 0 Å². The Morgan fingerprint density at radius 3 is 2.67 bits per heavy atom. The molecular formula is C10H18F3NO. The van der Waals surface area contributed by atoms with Crippen molar-refractivity contribution in [2.75, 3.05) is 6.61 Å². The molecule has 1 aliphatic heterocycles. The molecule has 1 saturated heterocycles. The van der Waals surface area contributed by atoms with Gasteiger partial charge in [-0.2, -0.15) is 13.2 Å². The van der Waals surface area contributed by atoms with E-state index in [1.807, 2.05) is 6.92 Å². The zero-order valence-electron chi connectivity index (χ0n) is 8.94. The van der Waals surface area contributed by atoms with Gasteiger partial charge >= 0.3 is 6.18 Å². The fourth-order valence-corrected chi connectivity index (χ4v) is 2.01. The molecule has 1 rings (SSSR count). The van der Waals surface area contributed by atoms with Crippen LogP contribution in [-0.2, 0) is 4.74 Å². The summed E-state index contributed by atoms with van der Waals surface area (Å²) in [6.45, 7) is 2.41. The van der Waals surface area contributed by atoms with Crippen LogP contribution in [0.1, 0.15) is 39.0 Å². The van der Waals surface area contributed by atoms with Crippen molar-refractivity contribution in [3.05, 3.63) is 0 Å². The van der Waals surface area contributed by atoms with E-state index >= 15 is 0 Å². The number of halogens is 3. The number of nitrogens with two attached hydrogens (primary N) is 1. The minimum absolute atomic E-state index is 0.0645. The molecule has 0 aliphatic carbocycles. The molecule has 0 aromatic carbocycles. The molecule has 0 aromatic heterocycles. The van der Waals surface area contributed by atoms with Gasteiger partial charge in [0, 0.05) is 19.1 Å². The molecule has 2 nitrogen and oxygen atoms in total. The van der Waals surface area contributed by atoms with E-state index in [0.29, 0.717) is 19.4 Å². The van der Waals surface area contributed by atoms with Gasteiger partial charge < -0.3 is 10.5 Å². The predicted molar refractivity (Wildman–Crippen MR) is 51.5 cm³/mol. The molecule has 0 aromatic rings. The summed E-state index contributed by atoms with van der Waals surface area (Å²) in [5.41, 5.74) is 5.31. The molecule has 0 bridgehead atoms. The molecule has 0 radical (unpaired) electrons. The maximum absolute atomic E-state index is 11.9. The summed E-state index contributed by atoms with van der Waals surface area (Å²) in [7, 11) is 0. The molecule has 1 fully saturated rings. The van der Waals surface area contributed by atoms with Crippen LogP contribution in [0.2, 0.25) is 0 Å². The maximum Gasteiger partial charge on any atom is 0.389 e. The number of hydrogen-bond acceptors (Lipinski definition) is 2. The molecule has 0 amide bonds. The van der Waals surface area contributed by atoms with E-state index in [9.17, 15) is 13.2 Å². The van der Waals surface area contributed by atoms with Gasteiger partial charge in [-0.3, -0.25) is 0 Å². The summed E-state index contributed by atoms with van der Waals surface area (Å²) in [5, 5.41) is 0. The molecular weight excluding hydrogens is 207 g/mol.